The van der Waals surface area contributed by atoms with Gasteiger partial charge in [-0.05, 0) is 54.6 Å². The van der Waals surface area contributed by atoms with Gasteiger partial charge in [0.15, 0.2) is 5.13 Å². The zero-order valence-electron chi connectivity index (χ0n) is 17.7. The molecule has 0 saturated heterocycles. The summed E-state index contributed by atoms with van der Waals surface area (Å²) in [6, 6.07) is 16.1. The number of fused-ring (bicyclic) bond motifs is 1. The van der Waals surface area contributed by atoms with Crippen LogP contribution in [0.5, 0.6) is 11.5 Å². The minimum Gasteiger partial charge on any atom is -0.457 e. The summed E-state index contributed by atoms with van der Waals surface area (Å²) in [7, 11) is 0. The number of carbonyl (C=O) groups is 3. The molecule has 0 fully saturated rings. The molecule has 1 aromatic heterocycles. The molecule has 2 heterocycles. The van der Waals surface area contributed by atoms with Gasteiger partial charge in [-0.15, -0.1) is 11.3 Å². The lowest BCUT2D eigenvalue weighted by Crippen LogP contribution is -2.29. The summed E-state index contributed by atoms with van der Waals surface area (Å²) in [5, 5.41) is 15.7. The molecule has 3 amide bonds. The average molecular weight is 486 g/mol. The predicted octanol–water partition coefficient (Wildman–Crippen LogP) is 4.90. The molecule has 0 unspecified atom stereocenters. The van der Waals surface area contributed by atoms with E-state index in [1.807, 2.05) is 0 Å². The van der Waals surface area contributed by atoms with Crippen LogP contribution in [-0.4, -0.2) is 27.6 Å². The summed E-state index contributed by atoms with van der Waals surface area (Å²) >= 11 is 1.29. The monoisotopic (exact) mass is 486 g/mol. The molecule has 10 nitrogen and oxygen atoms in total. The first-order valence-electron chi connectivity index (χ1n) is 10.2. The molecule has 4 aromatic rings. The quantitative estimate of drug-likeness (QED) is 0.233. The van der Waals surface area contributed by atoms with Crippen LogP contribution in [0.2, 0.25) is 0 Å². The lowest BCUT2D eigenvalue weighted by Gasteiger charge is -2.14. The molecule has 11 heteroatoms. The van der Waals surface area contributed by atoms with Crippen molar-refractivity contribution in [2.24, 2.45) is 0 Å². The summed E-state index contributed by atoms with van der Waals surface area (Å²) in [6.45, 7) is 0. The van der Waals surface area contributed by atoms with Gasteiger partial charge in [-0.1, -0.05) is 0 Å². The van der Waals surface area contributed by atoms with Crippen molar-refractivity contribution in [3.63, 3.8) is 0 Å². The van der Waals surface area contributed by atoms with Gasteiger partial charge in [0.05, 0.1) is 21.7 Å². The Balaban J connectivity index is 1.34. The lowest BCUT2D eigenvalue weighted by atomic mass is 10.1. The van der Waals surface area contributed by atoms with Gasteiger partial charge in [-0.2, -0.15) is 0 Å². The largest absolute Gasteiger partial charge is 0.457 e. The van der Waals surface area contributed by atoms with Crippen molar-refractivity contribution in [1.82, 2.24) is 4.98 Å². The maximum absolute atomic E-state index is 13.1. The third kappa shape index (κ3) is 4.23. The normalized spacial score (nSPS) is 12.4. The van der Waals surface area contributed by atoms with Crippen LogP contribution >= 0.6 is 11.3 Å². The summed E-state index contributed by atoms with van der Waals surface area (Å²) < 4.78 is 5.69. The number of imide groups is 1. The number of amides is 3. The van der Waals surface area contributed by atoms with Crippen LogP contribution < -0.4 is 15.0 Å². The molecule has 1 aliphatic rings. The third-order valence-electron chi connectivity index (χ3n) is 5.18. The number of non-ortho nitro benzene ring substituents is 1. The zero-order valence-corrected chi connectivity index (χ0v) is 18.5. The second kappa shape index (κ2) is 8.80. The number of thiazole rings is 1. The summed E-state index contributed by atoms with van der Waals surface area (Å²) in [4.78, 5) is 53.6. The first kappa shape index (κ1) is 21.9. The number of nitro benzene ring substituents is 1. The van der Waals surface area contributed by atoms with Crippen LogP contribution in [0.3, 0.4) is 0 Å². The molecule has 0 bridgehead atoms. The number of carbonyl (C=O) groups excluding carboxylic acids is 3. The van der Waals surface area contributed by atoms with Gasteiger partial charge in [-0.3, -0.25) is 29.8 Å². The van der Waals surface area contributed by atoms with E-state index in [4.69, 9.17) is 4.74 Å². The van der Waals surface area contributed by atoms with Gasteiger partial charge in [0.1, 0.15) is 11.5 Å². The molecule has 1 aliphatic heterocycles. The molecule has 5 rings (SSSR count). The molecular formula is C24H14N4O6S. The van der Waals surface area contributed by atoms with Gasteiger partial charge in [0.2, 0.25) is 0 Å². The van der Waals surface area contributed by atoms with Crippen LogP contribution in [0, 0.1) is 10.1 Å². The van der Waals surface area contributed by atoms with E-state index >= 15 is 0 Å². The summed E-state index contributed by atoms with van der Waals surface area (Å²) in [5.74, 6) is -0.737. The number of nitrogens with one attached hydrogen (secondary N) is 1. The number of benzene rings is 3. The van der Waals surface area contributed by atoms with Crippen LogP contribution in [-0.2, 0) is 0 Å². The molecule has 3 aromatic carbocycles. The Hall–Kier alpha value is -4.90. The fourth-order valence-corrected chi connectivity index (χ4v) is 4.03. The standard InChI is InChI=1S/C24H14N4O6S/c29-21(26-24-25-11-12-35-24)14-1-3-15(4-2-14)27-22(30)19-10-9-18(13-20(19)23(27)31)34-17-7-5-16(6-8-17)28(32)33/h1-13H,(H,25,26,29). The smallest absolute Gasteiger partial charge is 0.269 e. The number of hydrogen-bond donors (Lipinski definition) is 1. The number of anilines is 2. The lowest BCUT2D eigenvalue weighted by molar-refractivity contribution is -0.384. The van der Waals surface area contributed by atoms with Crippen molar-refractivity contribution >= 4 is 45.6 Å². The zero-order chi connectivity index (χ0) is 24.5. The minimum atomic E-state index is -0.529. The molecule has 0 aliphatic carbocycles. The molecule has 172 valence electrons. The van der Waals surface area contributed by atoms with Crippen molar-refractivity contribution in [2.45, 2.75) is 0 Å². The topological polar surface area (TPSA) is 132 Å². The number of rotatable bonds is 6. The van der Waals surface area contributed by atoms with E-state index in [2.05, 4.69) is 10.3 Å². The third-order valence-corrected chi connectivity index (χ3v) is 5.87. The highest BCUT2D eigenvalue weighted by atomic mass is 32.1. The van der Waals surface area contributed by atoms with Gasteiger partial charge in [0, 0.05) is 29.3 Å². The van der Waals surface area contributed by atoms with E-state index in [-0.39, 0.29) is 22.7 Å². The van der Waals surface area contributed by atoms with Gasteiger partial charge < -0.3 is 4.74 Å². The first-order valence-corrected chi connectivity index (χ1v) is 11.0. The van der Waals surface area contributed by atoms with E-state index in [1.165, 1.54) is 72.0 Å². The van der Waals surface area contributed by atoms with E-state index in [1.54, 1.807) is 17.6 Å². The van der Waals surface area contributed by atoms with Crippen LogP contribution in [0.1, 0.15) is 31.1 Å². The van der Waals surface area contributed by atoms with Gasteiger partial charge in [-0.25, -0.2) is 9.88 Å². The summed E-state index contributed by atoms with van der Waals surface area (Å²) in [5.41, 5.74) is 0.977. The van der Waals surface area contributed by atoms with Crippen LogP contribution in [0.4, 0.5) is 16.5 Å². The van der Waals surface area contributed by atoms with Crippen molar-refractivity contribution < 1.29 is 24.0 Å². The predicted molar refractivity (Wildman–Crippen MR) is 127 cm³/mol. The van der Waals surface area contributed by atoms with Crippen molar-refractivity contribution in [1.29, 1.82) is 0 Å². The number of ether oxygens (including phenoxy) is 1. The highest BCUT2D eigenvalue weighted by Gasteiger charge is 2.37. The second-order valence-electron chi connectivity index (χ2n) is 7.34. The average Bonchev–Trinajstić information content (AvgIpc) is 3.45. The Bertz CT molecular complexity index is 1470. The first-order chi connectivity index (χ1) is 16.9. The van der Waals surface area contributed by atoms with Crippen molar-refractivity contribution in [3.8, 4) is 11.5 Å². The second-order valence-corrected chi connectivity index (χ2v) is 8.24. The fraction of sp³-hybridized carbons (Fsp3) is 0. The Labute approximate surface area is 201 Å². The molecule has 1 N–H and O–H groups in total. The maximum atomic E-state index is 13.1. The fourth-order valence-electron chi connectivity index (χ4n) is 3.51. The number of nitrogens with zero attached hydrogens (tertiary/aromatic N) is 3. The molecule has 35 heavy (non-hydrogen) atoms. The SMILES string of the molecule is O=C(Nc1nccs1)c1ccc(N2C(=O)c3ccc(Oc4ccc([N+](=O)[O-])cc4)cc3C2=O)cc1. The molecular weight excluding hydrogens is 472 g/mol. The molecule has 0 saturated carbocycles. The van der Waals surface area contributed by atoms with Crippen LogP contribution in [0.15, 0.2) is 78.3 Å². The Morgan fingerprint density at radius 3 is 2.29 bits per heavy atom. The Kier molecular flexibility index (Phi) is 5.51. The van der Waals surface area contributed by atoms with E-state index in [0.717, 1.165) is 4.90 Å². The minimum absolute atomic E-state index is 0.0746. The number of hydrogen-bond acceptors (Lipinski definition) is 8. The van der Waals surface area contributed by atoms with E-state index in [0.29, 0.717) is 27.9 Å². The molecule has 0 radical (unpaired) electrons. The number of nitro groups is 1. The number of aromatic nitrogens is 1. The van der Waals surface area contributed by atoms with Crippen LogP contribution in [0.25, 0.3) is 0 Å². The Morgan fingerprint density at radius 2 is 1.63 bits per heavy atom. The maximum Gasteiger partial charge on any atom is 0.269 e. The van der Waals surface area contributed by atoms with Crippen molar-refractivity contribution in [2.75, 3.05) is 10.2 Å². The molecule has 0 atom stereocenters. The molecule has 0 spiro atoms. The summed E-state index contributed by atoms with van der Waals surface area (Å²) in [6.07, 6.45) is 1.58. The highest BCUT2D eigenvalue weighted by Crippen LogP contribution is 2.33. The van der Waals surface area contributed by atoms with Crippen molar-refractivity contribution in [3.05, 3.63) is 105 Å². The van der Waals surface area contributed by atoms with E-state index < -0.39 is 16.7 Å². The highest BCUT2D eigenvalue weighted by molar-refractivity contribution is 7.13. The van der Waals surface area contributed by atoms with E-state index in [9.17, 15) is 24.5 Å². The van der Waals surface area contributed by atoms with Gasteiger partial charge in [0.25, 0.3) is 23.4 Å². The Morgan fingerprint density at radius 1 is 0.943 bits per heavy atom. The van der Waals surface area contributed by atoms with Gasteiger partial charge >= 0.3 is 0 Å².